The summed E-state index contributed by atoms with van der Waals surface area (Å²) in [5.74, 6) is 1.44. The van der Waals surface area contributed by atoms with Crippen LogP contribution in [-0.4, -0.2) is 89.7 Å². The number of ether oxygens (including phenoxy) is 2. The molecule has 2 saturated heterocycles. The number of aliphatic hydroxyl groups is 1. The summed E-state index contributed by atoms with van der Waals surface area (Å²) in [4.78, 5) is 25.4. The molecule has 0 unspecified atom stereocenters. The molecule has 220 valence electrons. The Kier molecular flexibility index (Phi) is 8.45. The van der Waals surface area contributed by atoms with Crippen LogP contribution in [0.3, 0.4) is 0 Å². The molecule has 41 heavy (non-hydrogen) atoms. The van der Waals surface area contributed by atoms with E-state index in [9.17, 15) is 9.90 Å². The van der Waals surface area contributed by atoms with Gasteiger partial charge >= 0.3 is 6.09 Å². The zero-order chi connectivity index (χ0) is 29.2. The van der Waals surface area contributed by atoms with Crippen LogP contribution >= 0.6 is 0 Å². The SMILES string of the molecule is COCCOC(=O)N1CCC(c2nc(-c3cncc([C@@](O)(c4ccc(C(C)C)cc4)C4(C)CN(C)C4)c3)no2)CC1. The number of piperidine rings is 1. The number of carbonyl (C=O) groups is 1. The number of aromatic nitrogens is 3. The summed E-state index contributed by atoms with van der Waals surface area (Å²) in [6.45, 7) is 9.69. The molecule has 0 aliphatic carbocycles. The van der Waals surface area contributed by atoms with Crippen LogP contribution in [0.25, 0.3) is 11.4 Å². The molecule has 2 aliphatic heterocycles. The van der Waals surface area contributed by atoms with Gasteiger partial charge in [0, 0.05) is 68.1 Å². The molecule has 1 N–H and O–H groups in total. The molecule has 0 radical (unpaired) electrons. The highest BCUT2D eigenvalue weighted by atomic mass is 16.6. The third kappa shape index (κ3) is 5.73. The predicted octanol–water partition coefficient (Wildman–Crippen LogP) is 4.41. The molecule has 2 fully saturated rings. The second kappa shape index (κ2) is 11.9. The first-order valence-corrected chi connectivity index (χ1v) is 14.4. The van der Waals surface area contributed by atoms with Crippen LogP contribution in [0.15, 0.2) is 47.2 Å². The number of pyridine rings is 1. The summed E-state index contributed by atoms with van der Waals surface area (Å²) in [6, 6.07) is 10.2. The quantitative estimate of drug-likeness (QED) is 0.378. The lowest BCUT2D eigenvalue weighted by atomic mass is 9.62. The van der Waals surface area contributed by atoms with Crippen molar-refractivity contribution < 1.29 is 23.9 Å². The van der Waals surface area contributed by atoms with Crippen LogP contribution < -0.4 is 0 Å². The van der Waals surface area contributed by atoms with E-state index in [1.54, 1.807) is 24.4 Å². The number of amides is 1. The number of rotatable bonds is 9. The lowest BCUT2D eigenvalue weighted by Gasteiger charge is -2.55. The molecule has 2 aromatic heterocycles. The predicted molar refractivity (Wildman–Crippen MR) is 153 cm³/mol. The smallest absolute Gasteiger partial charge is 0.409 e. The summed E-state index contributed by atoms with van der Waals surface area (Å²) < 4.78 is 15.9. The fraction of sp³-hybridized carbons (Fsp3) is 0.548. The molecule has 2 aliphatic rings. The Balaban J connectivity index is 1.36. The highest BCUT2D eigenvalue weighted by molar-refractivity contribution is 5.67. The van der Waals surface area contributed by atoms with Crippen LogP contribution in [0.2, 0.25) is 0 Å². The Labute approximate surface area is 241 Å². The molecule has 10 nitrogen and oxygen atoms in total. The van der Waals surface area contributed by atoms with E-state index in [0.717, 1.165) is 18.7 Å². The Morgan fingerprint density at radius 1 is 1.15 bits per heavy atom. The minimum Gasteiger partial charge on any atom is -0.447 e. The number of nitrogens with zero attached hydrogens (tertiary/aromatic N) is 5. The van der Waals surface area contributed by atoms with Gasteiger partial charge in [0.2, 0.25) is 11.7 Å². The third-order valence-electron chi connectivity index (χ3n) is 8.58. The van der Waals surface area contributed by atoms with E-state index < -0.39 is 11.0 Å². The zero-order valence-electron chi connectivity index (χ0n) is 24.7. The lowest BCUT2D eigenvalue weighted by Crippen LogP contribution is -2.63. The second-order valence-corrected chi connectivity index (χ2v) is 12.0. The van der Waals surface area contributed by atoms with Crippen LogP contribution in [0, 0.1) is 5.41 Å². The molecule has 5 rings (SSSR count). The zero-order valence-corrected chi connectivity index (χ0v) is 24.7. The van der Waals surface area contributed by atoms with Gasteiger partial charge in [0.1, 0.15) is 12.2 Å². The highest BCUT2D eigenvalue weighted by Gasteiger charge is 2.55. The molecule has 10 heteroatoms. The van der Waals surface area contributed by atoms with Gasteiger partial charge in [-0.3, -0.25) is 4.98 Å². The van der Waals surface area contributed by atoms with Gasteiger partial charge in [0.15, 0.2) is 0 Å². The van der Waals surface area contributed by atoms with Gasteiger partial charge in [-0.15, -0.1) is 0 Å². The summed E-state index contributed by atoms with van der Waals surface area (Å²) in [7, 11) is 3.64. The second-order valence-electron chi connectivity index (χ2n) is 12.0. The maximum absolute atomic E-state index is 12.5. The van der Waals surface area contributed by atoms with Gasteiger partial charge in [-0.25, -0.2) is 4.79 Å². The minimum absolute atomic E-state index is 0.0521. The topological polar surface area (TPSA) is 114 Å². The van der Waals surface area contributed by atoms with E-state index in [1.165, 1.54) is 5.56 Å². The van der Waals surface area contributed by atoms with Gasteiger partial charge in [0.05, 0.1) is 6.61 Å². The van der Waals surface area contributed by atoms with E-state index in [0.29, 0.717) is 61.3 Å². The van der Waals surface area contributed by atoms with E-state index in [2.05, 4.69) is 55.0 Å². The van der Waals surface area contributed by atoms with Crippen molar-refractivity contribution in [2.24, 2.45) is 5.41 Å². The fourth-order valence-corrected chi connectivity index (χ4v) is 6.24. The van der Waals surface area contributed by atoms with E-state index in [1.807, 2.05) is 18.2 Å². The standard InChI is InChI=1S/C31H41N5O5/c1-21(2)22-6-8-25(9-7-22)31(38,30(3)19-35(4)20-30)26-16-24(17-32-18-26)27-33-28(41-34-27)23-10-12-36(13-11-23)29(37)40-15-14-39-5/h6-9,16-18,21,23,38H,10-15,19-20H2,1-5H3/t31-/m0/s1. The number of carbonyl (C=O) groups excluding carboxylic acids is 1. The normalized spacial score (nSPS) is 19.1. The largest absolute Gasteiger partial charge is 0.447 e. The Bertz CT molecular complexity index is 1330. The summed E-state index contributed by atoms with van der Waals surface area (Å²) in [6.07, 6.45) is 4.53. The fourth-order valence-electron chi connectivity index (χ4n) is 6.24. The molecule has 1 atom stereocenters. The van der Waals surface area contributed by atoms with Crippen molar-refractivity contribution in [3.8, 4) is 11.4 Å². The third-order valence-corrected chi connectivity index (χ3v) is 8.58. The Morgan fingerprint density at radius 2 is 1.85 bits per heavy atom. The molecule has 1 amide bonds. The minimum atomic E-state index is -1.25. The Hall–Kier alpha value is -3.34. The molecule has 0 bridgehead atoms. The maximum Gasteiger partial charge on any atom is 0.409 e. The van der Waals surface area contributed by atoms with Crippen LogP contribution in [0.4, 0.5) is 4.79 Å². The number of methoxy groups -OCH3 is 1. The van der Waals surface area contributed by atoms with Crippen molar-refractivity contribution in [3.05, 3.63) is 65.3 Å². The molecule has 3 aromatic rings. The highest BCUT2D eigenvalue weighted by Crippen LogP contribution is 2.50. The van der Waals surface area contributed by atoms with E-state index in [-0.39, 0.29) is 18.6 Å². The monoisotopic (exact) mass is 563 g/mol. The molecule has 1 aromatic carbocycles. The first kappa shape index (κ1) is 29.2. The van der Waals surface area contributed by atoms with E-state index >= 15 is 0 Å². The molecular formula is C31H41N5O5. The van der Waals surface area contributed by atoms with Crippen LogP contribution in [0.5, 0.6) is 0 Å². The average Bonchev–Trinajstić information content (AvgIpc) is 3.47. The average molecular weight is 564 g/mol. The maximum atomic E-state index is 12.5. The van der Waals surface area contributed by atoms with Crippen molar-refractivity contribution in [2.75, 3.05) is 53.6 Å². The van der Waals surface area contributed by atoms with Crippen LogP contribution in [-0.2, 0) is 15.1 Å². The molecule has 4 heterocycles. The Morgan fingerprint density at radius 3 is 2.49 bits per heavy atom. The number of likely N-dealkylation sites (tertiary alicyclic amines) is 2. The van der Waals surface area contributed by atoms with Crippen molar-refractivity contribution in [1.82, 2.24) is 24.9 Å². The number of hydrogen-bond donors (Lipinski definition) is 1. The van der Waals surface area contributed by atoms with Gasteiger partial charge in [-0.1, -0.05) is 50.2 Å². The molecule has 0 spiro atoms. The summed E-state index contributed by atoms with van der Waals surface area (Å²) in [5, 5.41) is 16.8. The van der Waals surface area contributed by atoms with Crippen LogP contribution in [0.1, 0.15) is 68.0 Å². The first-order chi connectivity index (χ1) is 19.6. The van der Waals surface area contributed by atoms with Gasteiger partial charge in [0.25, 0.3) is 0 Å². The first-order valence-electron chi connectivity index (χ1n) is 14.4. The molecule has 0 saturated carbocycles. The van der Waals surface area contributed by atoms with Gasteiger partial charge in [-0.2, -0.15) is 4.98 Å². The van der Waals surface area contributed by atoms with Crippen molar-refractivity contribution in [1.29, 1.82) is 0 Å². The van der Waals surface area contributed by atoms with Crippen molar-refractivity contribution in [3.63, 3.8) is 0 Å². The van der Waals surface area contributed by atoms with Crippen molar-refractivity contribution >= 4 is 6.09 Å². The van der Waals surface area contributed by atoms with Crippen molar-refractivity contribution in [2.45, 2.75) is 51.0 Å². The summed E-state index contributed by atoms with van der Waals surface area (Å²) in [5.41, 5.74) is 1.81. The van der Waals surface area contributed by atoms with E-state index in [4.69, 9.17) is 19.0 Å². The van der Waals surface area contributed by atoms with Gasteiger partial charge < -0.3 is 28.9 Å². The number of benzene rings is 1. The number of hydrogen-bond acceptors (Lipinski definition) is 9. The molecular weight excluding hydrogens is 522 g/mol. The van der Waals surface area contributed by atoms with Gasteiger partial charge in [-0.05, 0) is 43.0 Å². The lowest BCUT2D eigenvalue weighted by molar-refractivity contribution is -0.127. The summed E-state index contributed by atoms with van der Waals surface area (Å²) >= 11 is 0.